The average Bonchev–Trinajstić information content (AvgIpc) is 1.64. The number of hydrogen-bond donors (Lipinski definition) is 1. The van der Waals surface area contributed by atoms with Crippen molar-refractivity contribution in [1.29, 1.82) is 1.43 Å². The Balaban J connectivity index is 4.57. The molecule has 0 amide bonds. The highest BCUT2D eigenvalue weighted by Crippen LogP contribution is 1.60. The zero-order chi connectivity index (χ0) is 7.71. The Morgan fingerprint density at radius 1 is 2.20 bits per heavy atom. The molecule has 0 unspecified atom stereocenters. The summed E-state index contributed by atoms with van der Waals surface area (Å²) in [5, 5.41) is 0. The summed E-state index contributed by atoms with van der Waals surface area (Å²) < 4.78 is 47.6. The van der Waals surface area contributed by atoms with Crippen molar-refractivity contribution in [3.63, 3.8) is 0 Å². The zero-order valence-electron chi connectivity index (χ0n) is 6.13. The molecule has 0 aliphatic rings. The summed E-state index contributed by atoms with van der Waals surface area (Å²) in [7, 11) is -4.67. The third-order valence-electron chi connectivity index (χ3n) is 0. The van der Waals surface area contributed by atoms with E-state index in [1.54, 1.807) is 0 Å². The van der Waals surface area contributed by atoms with E-state index >= 15 is 0 Å². The third kappa shape index (κ3) is 1760. The molecule has 32 valence electrons. The molecule has 0 saturated heterocycles. The summed E-state index contributed by atoms with van der Waals surface area (Å²) >= 11 is 0. The molecule has 0 bridgehead atoms. The maximum absolute atomic E-state index is 10.0. The topological polar surface area (TPSA) is 54.4 Å². The molecular formula is CH4O3S. The molecule has 0 atom stereocenters. The summed E-state index contributed by atoms with van der Waals surface area (Å²) in [4.78, 5) is 0. The highest BCUT2D eigenvalue weighted by Gasteiger charge is 1.81. The van der Waals surface area contributed by atoms with E-state index in [1.807, 2.05) is 0 Å². The molecule has 0 spiro atoms. The summed E-state index contributed by atoms with van der Waals surface area (Å²) in [6.07, 6.45) is -3.24. The molecule has 0 aromatic rings. The normalized spacial score (nSPS) is 25.6. The maximum atomic E-state index is 10.0. The van der Waals surface area contributed by atoms with Gasteiger partial charge in [0.05, 0.1) is 6.18 Å². The van der Waals surface area contributed by atoms with Gasteiger partial charge in [0.1, 0.15) is 0 Å². The smallest absolute Gasteiger partial charge is 0.261 e. The van der Waals surface area contributed by atoms with Gasteiger partial charge in [-0.3, -0.25) is 4.56 Å². The van der Waals surface area contributed by atoms with Crippen LogP contribution in [0.5, 0.6) is 0 Å². The van der Waals surface area contributed by atoms with Gasteiger partial charge in [-0.05, 0) is 0 Å². The monoisotopic (exact) mass is 100 g/mol. The Hall–Kier alpha value is -0.0900. The second kappa shape index (κ2) is 0.948. The van der Waals surface area contributed by atoms with Gasteiger partial charge < -0.3 is 0 Å². The molecule has 0 aromatic carbocycles. The van der Waals surface area contributed by atoms with Crippen LogP contribution in [0.15, 0.2) is 0 Å². The van der Waals surface area contributed by atoms with Gasteiger partial charge in [0.15, 0.2) is 0 Å². The Morgan fingerprint density at radius 2 is 2.80 bits per heavy atom. The molecule has 0 aliphatic carbocycles. The Bertz CT molecular complexity index is 176. The molecule has 0 radical (unpaired) electrons. The lowest BCUT2D eigenvalue weighted by atomic mass is 12.0. The highest BCUT2D eigenvalue weighted by molar-refractivity contribution is 7.85. The van der Waals surface area contributed by atoms with Gasteiger partial charge in [0, 0.05) is 4.11 Å². The van der Waals surface area contributed by atoms with Crippen LogP contribution in [-0.4, -0.2) is 19.2 Å². The highest BCUT2D eigenvalue weighted by atomic mass is 32.2. The minimum atomic E-state index is -4.67. The van der Waals surface area contributed by atoms with Crippen molar-refractivity contribution < 1.29 is 17.1 Å². The molecule has 4 heteroatoms. The Morgan fingerprint density at radius 3 is 2.80 bits per heavy atom. The maximum Gasteiger partial charge on any atom is 0.261 e. The van der Waals surface area contributed by atoms with Gasteiger partial charge in [0.25, 0.3) is 10.1 Å². The lowest BCUT2D eigenvalue weighted by molar-refractivity contribution is 0.490. The van der Waals surface area contributed by atoms with Crippen molar-refractivity contribution >= 4 is 10.1 Å². The van der Waals surface area contributed by atoms with E-state index in [0.717, 1.165) is 0 Å². The second-order valence-electron chi connectivity index (χ2n) is 0.454. The van der Waals surface area contributed by atoms with Gasteiger partial charge in [-0.2, -0.15) is 8.42 Å². The quantitative estimate of drug-likeness (QED) is 0.452. The van der Waals surface area contributed by atoms with E-state index in [4.69, 9.17) is 5.54 Å². The molecule has 0 heterocycles. The molecule has 0 aliphatic heterocycles. The summed E-state index contributed by atoms with van der Waals surface area (Å²) in [6.45, 7) is 0. The fourth-order valence-corrected chi connectivity index (χ4v) is 0. The largest absolute Gasteiger partial charge is 0.286 e. The number of hydrogen-bond acceptors (Lipinski definition) is 3. The van der Waals surface area contributed by atoms with Crippen molar-refractivity contribution in [3.05, 3.63) is 0 Å². The second-order valence-corrected chi connectivity index (χ2v) is 1.36. The molecule has 3 nitrogen and oxygen atoms in total. The first-order chi connectivity index (χ1) is 3.81. The van der Waals surface area contributed by atoms with Gasteiger partial charge in [-0.25, -0.2) is 0 Å². The minimum absolute atomic E-state index is 2.96. The third-order valence-corrected chi connectivity index (χ3v) is 0. The van der Waals surface area contributed by atoms with Crippen molar-refractivity contribution in [1.82, 2.24) is 0 Å². The van der Waals surface area contributed by atoms with Crippen molar-refractivity contribution in [2.24, 2.45) is 0 Å². The average molecular weight is 100 g/mol. The Kier molecular flexibility index (Phi) is 0.227. The minimum Gasteiger partial charge on any atom is -0.286 e. The molecule has 1 N–H and O–H groups in total. The van der Waals surface area contributed by atoms with E-state index in [1.165, 1.54) is 0 Å². The van der Waals surface area contributed by atoms with E-state index in [-0.39, 0.29) is 0 Å². The molecule has 0 saturated carbocycles. The predicted octanol–water partition coefficient (Wildman–Crippen LogP) is -0.496. The zero-order valence-corrected chi connectivity index (χ0v) is 2.95. The van der Waals surface area contributed by atoms with E-state index in [9.17, 15) is 8.42 Å². The summed E-state index contributed by atoms with van der Waals surface area (Å²) in [5.41, 5.74) is 0. The van der Waals surface area contributed by atoms with Gasteiger partial charge in [-0.15, -0.1) is 0 Å². The first-order valence-electron chi connectivity index (χ1n) is 2.61. The lowest BCUT2D eigenvalue weighted by Crippen LogP contribution is -1.88. The van der Waals surface area contributed by atoms with E-state index < -0.39 is 16.3 Å². The van der Waals surface area contributed by atoms with Gasteiger partial charge in [0.2, 0.25) is 1.43 Å². The summed E-state index contributed by atoms with van der Waals surface area (Å²) in [5.74, 6) is 0. The van der Waals surface area contributed by atoms with Crippen LogP contribution in [0.3, 0.4) is 0 Å². The van der Waals surface area contributed by atoms with Crippen LogP contribution in [0.25, 0.3) is 1.43 Å². The first-order valence-corrected chi connectivity index (χ1v) is 2.11. The van der Waals surface area contributed by atoms with Crippen LogP contribution < -0.4 is 0 Å². The van der Waals surface area contributed by atoms with E-state index in [2.05, 4.69) is 4.56 Å². The van der Waals surface area contributed by atoms with Gasteiger partial charge >= 0.3 is 0 Å². The predicted molar refractivity (Wildman–Crippen MR) is 17.5 cm³/mol. The molecule has 5 heavy (non-hydrogen) atoms. The van der Waals surface area contributed by atoms with Crippen LogP contribution in [0.1, 0.15) is 4.11 Å². The van der Waals surface area contributed by atoms with Crippen LogP contribution in [0.4, 0.5) is 0 Å². The van der Waals surface area contributed by atoms with E-state index in [0.29, 0.717) is 0 Å². The molecule has 0 aromatic heterocycles. The summed E-state index contributed by atoms with van der Waals surface area (Å²) in [6, 6.07) is 0. The van der Waals surface area contributed by atoms with Crippen LogP contribution in [0.2, 0.25) is 0 Å². The van der Waals surface area contributed by atoms with Crippen LogP contribution >= 0.6 is 0 Å². The van der Waals surface area contributed by atoms with Crippen molar-refractivity contribution in [3.8, 4) is 0 Å². The Labute approximate surface area is 36.1 Å². The number of rotatable bonds is 1. The fourth-order valence-electron chi connectivity index (χ4n) is 0. The first kappa shape index (κ1) is 1.20. The van der Waals surface area contributed by atoms with Crippen LogP contribution in [-0.2, 0) is 10.1 Å². The van der Waals surface area contributed by atoms with Gasteiger partial charge in [-0.1, -0.05) is 0 Å². The standard InChI is InChI=1S/CH4O3S/c1-5(2,3)4/h1H3,(H,2,3,4)/i1D3/hD. The molecule has 0 rings (SSSR count). The van der Waals surface area contributed by atoms with Crippen molar-refractivity contribution in [2.45, 2.75) is 0 Å². The lowest BCUT2D eigenvalue weighted by Gasteiger charge is -1.69. The molecule has 0 fully saturated rings. The molecular weight excluding hydrogens is 92.1 g/mol. The SMILES string of the molecule is [2H]OS(=O)(=O)C([2H])([2H])[2H]. The van der Waals surface area contributed by atoms with Crippen molar-refractivity contribution in [2.75, 3.05) is 6.18 Å². The fraction of sp³-hybridized carbons (Fsp3) is 1.00. The van der Waals surface area contributed by atoms with Crippen LogP contribution in [0, 0.1) is 0 Å².